The normalized spacial score (nSPS) is 11.5. The van der Waals surface area contributed by atoms with Gasteiger partial charge in [-0.15, -0.1) is 11.3 Å². The highest BCUT2D eigenvalue weighted by atomic mass is 32.2. The SMILES string of the molecule is CNS(=O)(=O)c1ccc(C(N)=O)s1. The molecule has 1 heterocycles. The van der Waals surface area contributed by atoms with Crippen LogP contribution in [0.5, 0.6) is 0 Å². The van der Waals surface area contributed by atoms with Crippen molar-refractivity contribution >= 4 is 27.3 Å². The lowest BCUT2D eigenvalue weighted by molar-refractivity contribution is 0.100. The number of nitrogens with one attached hydrogen (secondary N) is 1. The van der Waals surface area contributed by atoms with Crippen LogP contribution in [0.25, 0.3) is 0 Å². The van der Waals surface area contributed by atoms with Crippen molar-refractivity contribution in [2.75, 3.05) is 7.05 Å². The van der Waals surface area contributed by atoms with Gasteiger partial charge in [0.25, 0.3) is 5.91 Å². The fourth-order valence-electron chi connectivity index (χ4n) is 0.698. The lowest BCUT2D eigenvalue weighted by atomic mass is 10.5. The van der Waals surface area contributed by atoms with Crippen LogP contribution in [0, 0.1) is 0 Å². The zero-order valence-electron chi connectivity index (χ0n) is 6.77. The fourth-order valence-corrected chi connectivity index (χ4v) is 2.69. The van der Waals surface area contributed by atoms with Crippen LogP contribution in [-0.4, -0.2) is 21.4 Å². The lowest BCUT2D eigenvalue weighted by Gasteiger charge is -1.95. The van der Waals surface area contributed by atoms with Crippen molar-refractivity contribution in [1.29, 1.82) is 0 Å². The second-order valence-electron chi connectivity index (χ2n) is 2.19. The number of sulfonamides is 1. The van der Waals surface area contributed by atoms with Gasteiger partial charge in [-0.3, -0.25) is 4.79 Å². The van der Waals surface area contributed by atoms with Gasteiger partial charge in [-0.25, -0.2) is 13.1 Å². The molecule has 1 amide bonds. The maximum atomic E-state index is 11.2. The third-order valence-corrected chi connectivity index (χ3v) is 4.36. The van der Waals surface area contributed by atoms with E-state index in [1.54, 1.807) is 0 Å². The molecule has 7 heteroatoms. The average Bonchev–Trinajstić information content (AvgIpc) is 2.52. The van der Waals surface area contributed by atoms with Crippen molar-refractivity contribution in [2.24, 2.45) is 5.73 Å². The minimum atomic E-state index is -3.45. The monoisotopic (exact) mass is 220 g/mol. The van der Waals surface area contributed by atoms with Crippen molar-refractivity contribution in [3.8, 4) is 0 Å². The first-order valence-corrected chi connectivity index (χ1v) is 5.60. The average molecular weight is 220 g/mol. The van der Waals surface area contributed by atoms with Gasteiger partial charge in [-0.1, -0.05) is 0 Å². The molecule has 3 N–H and O–H groups in total. The summed E-state index contributed by atoms with van der Waals surface area (Å²) in [7, 11) is -2.15. The first-order chi connectivity index (χ1) is 5.97. The minimum absolute atomic E-state index is 0.0869. The molecule has 0 aromatic carbocycles. The zero-order valence-corrected chi connectivity index (χ0v) is 8.41. The summed E-state index contributed by atoms with van der Waals surface area (Å²) in [5, 5.41) is 0. The largest absolute Gasteiger partial charge is 0.365 e. The number of carbonyl (C=O) groups is 1. The second kappa shape index (κ2) is 3.44. The van der Waals surface area contributed by atoms with Crippen LogP contribution in [0.2, 0.25) is 0 Å². The van der Waals surface area contributed by atoms with Crippen LogP contribution < -0.4 is 10.5 Å². The van der Waals surface area contributed by atoms with Gasteiger partial charge < -0.3 is 5.73 Å². The summed E-state index contributed by atoms with van der Waals surface area (Å²) in [6.07, 6.45) is 0. The van der Waals surface area contributed by atoms with E-state index in [0.29, 0.717) is 0 Å². The predicted octanol–water partition coefficient (Wildman–Crippen LogP) is -0.245. The van der Waals surface area contributed by atoms with Crippen molar-refractivity contribution in [3.05, 3.63) is 17.0 Å². The third-order valence-electron chi connectivity index (χ3n) is 1.36. The molecule has 5 nitrogen and oxygen atoms in total. The highest BCUT2D eigenvalue weighted by molar-refractivity contribution is 7.91. The molecular weight excluding hydrogens is 212 g/mol. The van der Waals surface area contributed by atoms with Gasteiger partial charge in [-0.05, 0) is 19.2 Å². The van der Waals surface area contributed by atoms with Crippen molar-refractivity contribution < 1.29 is 13.2 Å². The summed E-state index contributed by atoms with van der Waals surface area (Å²) in [5.74, 6) is -0.623. The molecule has 0 spiro atoms. The fraction of sp³-hybridized carbons (Fsp3) is 0.167. The lowest BCUT2D eigenvalue weighted by Crippen LogP contribution is -2.17. The van der Waals surface area contributed by atoms with E-state index in [0.717, 1.165) is 11.3 Å². The van der Waals surface area contributed by atoms with Crippen LogP contribution in [-0.2, 0) is 10.0 Å². The number of hydrogen-bond acceptors (Lipinski definition) is 4. The van der Waals surface area contributed by atoms with Gasteiger partial charge in [0.2, 0.25) is 10.0 Å². The molecule has 0 unspecified atom stereocenters. The van der Waals surface area contributed by atoms with Crippen LogP contribution in [0.15, 0.2) is 16.3 Å². The Morgan fingerprint density at radius 1 is 1.54 bits per heavy atom. The van der Waals surface area contributed by atoms with E-state index in [1.807, 2.05) is 0 Å². The highest BCUT2D eigenvalue weighted by Gasteiger charge is 2.15. The summed E-state index contributed by atoms with van der Waals surface area (Å²) in [5.41, 5.74) is 4.97. The van der Waals surface area contributed by atoms with Gasteiger partial charge in [0.1, 0.15) is 4.21 Å². The summed E-state index contributed by atoms with van der Waals surface area (Å²) in [6, 6.07) is 2.73. The molecule has 0 bridgehead atoms. The number of nitrogens with two attached hydrogens (primary N) is 1. The minimum Gasteiger partial charge on any atom is -0.365 e. The zero-order chi connectivity index (χ0) is 10.1. The molecule has 0 saturated carbocycles. The number of thiophene rings is 1. The number of rotatable bonds is 3. The van der Waals surface area contributed by atoms with Crippen LogP contribution in [0.1, 0.15) is 9.67 Å². The van der Waals surface area contributed by atoms with Crippen molar-refractivity contribution in [3.63, 3.8) is 0 Å². The Morgan fingerprint density at radius 3 is 2.54 bits per heavy atom. The van der Waals surface area contributed by atoms with Gasteiger partial charge in [-0.2, -0.15) is 0 Å². The summed E-state index contributed by atoms with van der Waals surface area (Å²) in [6.45, 7) is 0. The summed E-state index contributed by atoms with van der Waals surface area (Å²) in [4.78, 5) is 10.9. The Balaban J connectivity index is 3.13. The Kier molecular flexibility index (Phi) is 2.69. The Bertz CT molecular complexity index is 421. The van der Waals surface area contributed by atoms with E-state index in [2.05, 4.69) is 4.72 Å². The predicted molar refractivity (Wildman–Crippen MR) is 49.1 cm³/mol. The molecule has 0 atom stereocenters. The Labute approximate surface area is 79.6 Å². The topological polar surface area (TPSA) is 89.3 Å². The van der Waals surface area contributed by atoms with Gasteiger partial charge in [0, 0.05) is 0 Å². The first kappa shape index (κ1) is 10.2. The Morgan fingerprint density at radius 2 is 2.15 bits per heavy atom. The number of hydrogen-bond donors (Lipinski definition) is 2. The highest BCUT2D eigenvalue weighted by Crippen LogP contribution is 2.20. The molecule has 1 rings (SSSR count). The first-order valence-electron chi connectivity index (χ1n) is 3.30. The van der Waals surface area contributed by atoms with Gasteiger partial charge in [0.15, 0.2) is 0 Å². The third kappa shape index (κ3) is 2.06. The molecule has 13 heavy (non-hydrogen) atoms. The standard InChI is InChI=1S/C6H8N2O3S2/c1-8-13(10,11)5-3-2-4(12-5)6(7)9/h2-3,8H,1H3,(H2,7,9). The maximum Gasteiger partial charge on any atom is 0.258 e. The molecule has 0 aliphatic carbocycles. The number of carbonyl (C=O) groups excluding carboxylic acids is 1. The molecule has 0 aliphatic rings. The molecule has 1 aromatic heterocycles. The van der Waals surface area contributed by atoms with Crippen LogP contribution in [0.3, 0.4) is 0 Å². The number of amides is 1. The van der Waals surface area contributed by atoms with Crippen molar-refractivity contribution in [1.82, 2.24) is 4.72 Å². The van der Waals surface area contributed by atoms with Gasteiger partial charge >= 0.3 is 0 Å². The smallest absolute Gasteiger partial charge is 0.258 e. The van der Waals surface area contributed by atoms with E-state index in [4.69, 9.17) is 5.73 Å². The second-order valence-corrected chi connectivity index (χ2v) is 5.39. The molecule has 0 fully saturated rings. The molecule has 0 aliphatic heterocycles. The molecule has 1 aromatic rings. The molecule has 0 radical (unpaired) electrons. The number of primary amides is 1. The quantitative estimate of drug-likeness (QED) is 0.736. The van der Waals surface area contributed by atoms with E-state index in [-0.39, 0.29) is 9.09 Å². The molecular formula is C6H8N2O3S2. The van der Waals surface area contributed by atoms with E-state index >= 15 is 0 Å². The molecule has 0 saturated heterocycles. The van der Waals surface area contributed by atoms with Crippen LogP contribution >= 0.6 is 11.3 Å². The summed E-state index contributed by atoms with van der Waals surface area (Å²) < 4.78 is 24.6. The Hall–Kier alpha value is -0.920. The van der Waals surface area contributed by atoms with Crippen LogP contribution in [0.4, 0.5) is 0 Å². The van der Waals surface area contributed by atoms with Gasteiger partial charge in [0.05, 0.1) is 4.88 Å². The van der Waals surface area contributed by atoms with E-state index < -0.39 is 15.9 Å². The molecule has 72 valence electrons. The summed E-state index contributed by atoms with van der Waals surface area (Å²) >= 11 is 0.847. The van der Waals surface area contributed by atoms with Crippen molar-refractivity contribution in [2.45, 2.75) is 4.21 Å². The van der Waals surface area contributed by atoms with E-state index in [9.17, 15) is 13.2 Å². The maximum absolute atomic E-state index is 11.2. The van der Waals surface area contributed by atoms with E-state index in [1.165, 1.54) is 19.2 Å².